The lowest BCUT2D eigenvalue weighted by molar-refractivity contribution is 0.664. The Morgan fingerprint density at radius 2 is 2.05 bits per heavy atom. The van der Waals surface area contributed by atoms with Gasteiger partial charge in [-0.05, 0) is 49.3 Å². The molecule has 5 heteroatoms. The van der Waals surface area contributed by atoms with E-state index >= 15 is 0 Å². The minimum atomic E-state index is 0.571. The van der Waals surface area contributed by atoms with E-state index in [0.29, 0.717) is 5.88 Å². The Hall–Kier alpha value is -1.65. The second-order valence-corrected chi connectivity index (χ2v) is 6.46. The van der Waals surface area contributed by atoms with Gasteiger partial charge in [-0.3, -0.25) is 4.68 Å². The van der Waals surface area contributed by atoms with Crippen LogP contribution in [0.25, 0.3) is 22.4 Å². The van der Waals surface area contributed by atoms with E-state index in [2.05, 4.69) is 36.1 Å². The molecule has 0 unspecified atom stereocenters. The molecule has 3 nitrogen and oxygen atoms in total. The maximum Gasteiger partial charge on any atom is 0.117 e. The number of aryl methyl sites for hydroxylation is 3. The van der Waals surface area contributed by atoms with Crippen LogP contribution in [0.1, 0.15) is 21.7 Å². The molecule has 3 aromatic rings. The molecule has 0 fully saturated rings. The molecule has 0 atom stereocenters. The first-order valence-electron chi connectivity index (χ1n) is 6.80. The van der Waals surface area contributed by atoms with Crippen LogP contribution in [0.15, 0.2) is 24.5 Å². The third-order valence-electron chi connectivity index (χ3n) is 3.41. The van der Waals surface area contributed by atoms with E-state index in [1.54, 1.807) is 11.3 Å². The topological polar surface area (TPSA) is 30.7 Å². The first kappa shape index (κ1) is 14.3. The number of hydrogen-bond acceptors (Lipinski definition) is 3. The highest BCUT2D eigenvalue weighted by atomic mass is 35.5. The molecule has 0 aliphatic heterocycles. The third-order valence-corrected chi connectivity index (χ3v) is 4.56. The van der Waals surface area contributed by atoms with E-state index in [9.17, 15) is 0 Å². The van der Waals surface area contributed by atoms with Gasteiger partial charge in [0.15, 0.2) is 0 Å². The predicted octanol–water partition coefficient (Wildman–Crippen LogP) is 4.52. The lowest BCUT2D eigenvalue weighted by Crippen LogP contribution is -1.98. The molecule has 0 saturated carbocycles. The Morgan fingerprint density at radius 1 is 1.24 bits per heavy atom. The Morgan fingerprint density at radius 3 is 2.86 bits per heavy atom. The number of nitrogens with zero attached hydrogens (tertiary/aromatic N) is 3. The zero-order chi connectivity index (χ0) is 14.8. The summed E-state index contributed by atoms with van der Waals surface area (Å²) < 4.78 is 3.08. The van der Waals surface area contributed by atoms with Crippen LogP contribution in [0.4, 0.5) is 0 Å². The average Bonchev–Trinajstić information content (AvgIpc) is 3.04. The predicted molar refractivity (Wildman–Crippen MR) is 91.0 cm³/mol. The van der Waals surface area contributed by atoms with Crippen molar-refractivity contribution in [3.63, 3.8) is 0 Å². The fourth-order valence-electron chi connectivity index (χ4n) is 2.11. The van der Waals surface area contributed by atoms with Crippen LogP contribution in [-0.2, 0) is 6.54 Å². The SMILES string of the molecule is Cc1cc2nc(C=Cc3cnn(CCCl)c3)sc2cc1C. The van der Waals surface area contributed by atoms with Gasteiger partial charge in [0.05, 0.1) is 23.0 Å². The number of aromatic nitrogens is 3. The van der Waals surface area contributed by atoms with Crippen LogP contribution >= 0.6 is 22.9 Å². The van der Waals surface area contributed by atoms with Crippen molar-refractivity contribution < 1.29 is 0 Å². The first-order valence-corrected chi connectivity index (χ1v) is 8.15. The zero-order valence-corrected chi connectivity index (χ0v) is 13.6. The van der Waals surface area contributed by atoms with Crippen LogP contribution in [0.5, 0.6) is 0 Å². The number of halogens is 1. The van der Waals surface area contributed by atoms with Gasteiger partial charge in [-0.15, -0.1) is 22.9 Å². The monoisotopic (exact) mass is 317 g/mol. The van der Waals surface area contributed by atoms with Crippen LogP contribution in [0, 0.1) is 13.8 Å². The van der Waals surface area contributed by atoms with Crippen molar-refractivity contribution in [1.82, 2.24) is 14.8 Å². The van der Waals surface area contributed by atoms with Gasteiger partial charge in [-0.1, -0.05) is 0 Å². The minimum Gasteiger partial charge on any atom is -0.271 e. The zero-order valence-electron chi connectivity index (χ0n) is 12.0. The molecular formula is C16H16ClN3S. The largest absolute Gasteiger partial charge is 0.271 e. The molecule has 108 valence electrons. The molecule has 0 bridgehead atoms. The summed E-state index contributed by atoms with van der Waals surface area (Å²) in [6, 6.07) is 4.36. The van der Waals surface area contributed by atoms with Crippen molar-refractivity contribution in [3.05, 3.63) is 46.2 Å². The quantitative estimate of drug-likeness (QED) is 0.662. The van der Waals surface area contributed by atoms with Gasteiger partial charge in [0, 0.05) is 17.6 Å². The van der Waals surface area contributed by atoms with Crippen molar-refractivity contribution in [3.8, 4) is 0 Å². The molecule has 2 heterocycles. The van der Waals surface area contributed by atoms with E-state index in [0.717, 1.165) is 22.6 Å². The molecular weight excluding hydrogens is 302 g/mol. The fourth-order valence-corrected chi connectivity index (χ4v) is 3.23. The molecule has 21 heavy (non-hydrogen) atoms. The van der Waals surface area contributed by atoms with Gasteiger partial charge < -0.3 is 0 Å². The maximum absolute atomic E-state index is 5.70. The van der Waals surface area contributed by atoms with Crippen molar-refractivity contribution in [2.24, 2.45) is 0 Å². The highest BCUT2D eigenvalue weighted by molar-refractivity contribution is 7.19. The number of benzene rings is 1. The highest BCUT2D eigenvalue weighted by Crippen LogP contribution is 2.26. The second-order valence-electron chi connectivity index (χ2n) is 5.02. The van der Waals surface area contributed by atoms with Gasteiger partial charge in [0.1, 0.15) is 5.01 Å². The molecule has 0 aliphatic carbocycles. The summed E-state index contributed by atoms with van der Waals surface area (Å²) >= 11 is 7.41. The Bertz CT molecular complexity index is 762. The lowest BCUT2D eigenvalue weighted by atomic mass is 10.1. The van der Waals surface area contributed by atoms with E-state index in [1.165, 1.54) is 15.8 Å². The van der Waals surface area contributed by atoms with Crippen molar-refractivity contribution in [2.75, 3.05) is 5.88 Å². The first-order chi connectivity index (χ1) is 10.2. The van der Waals surface area contributed by atoms with E-state index in [4.69, 9.17) is 11.6 Å². The van der Waals surface area contributed by atoms with Crippen molar-refractivity contribution in [2.45, 2.75) is 20.4 Å². The second kappa shape index (κ2) is 6.00. The van der Waals surface area contributed by atoms with Gasteiger partial charge in [0.2, 0.25) is 0 Å². The molecule has 0 N–H and O–H groups in total. The Labute approximate surface area is 132 Å². The average molecular weight is 318 g/mol. The Balaban J connectivity index is 1.84. The normalized spacial score (nSPS) is 11.8. The van der Waals surface area contributed by atoms with E-state index in [-0.39, 0.29) is 0 Å². The van der Waals surface area contributed by atoms with E-state index < -0.39 is 0 Å². The van der Waals surface area contributed by atoms with E-state index in [1.807, 2.05) is 29.2 Å². The molecule has 3 rings (SSSR count). The molecule has 0 spiro atoms. The lowest BCUT2D eigenvalue weighted by Gasteiger charge is -1.96. The molecule has 1 aromatic carbocycles. The summed E-state index contributed by atoms with van der Waals surface area (Å²) in [6.45, 7) is 4.99. The van der Waals surface area contributed by atoms with Crippen LogP contribution in [0.3, 0.4) is 0 Å². The number of alkyl halides is 1. The summed E-state index contributed by atoms with van der Waals surface area (Å²) in [5.41, 5.74) is 4.72. The highest BCUT2D eigenvalue weighted by Gasteiger charge is 2.04. The summed E-state index contributed by atoms with van der Waals surface area (Å²) in [5.74, 6) is 0.571. The smallest absolute Gasteiger partial charge is 0.117 e. The van der Waals surface area contributed by atoms with Crippen LogP contribution < -0.4 is 0 Å². The van der Waals surface area contributed by atoms with Gasteiger partial charge in [-0.25, -0.2) is 4.98 Å². The number of hydrogen-bond donors (Lipinski definition) is 0. The molecule has 0 saturated heterocycles. The molecule has 2 aromatic heterocycles. The van der Waals surface area contributed by atoms with Crippen LogP contribution in [0.2, 0.25) is 0 Å². The molecule has 0 amide bonds. The van der Waals surface area contributed by atoms with Crippen molar-refractivity contribution >= 4 is 45.3 Å². The number of rotatable bonds is 4. The fraction of sp³-hybridized carbons (Fsp3) is 0.250. The minimum absolute atomic E-state index is 0.571. The van der Waals surface area contributed by atoms with Gasteiger partial charge in [-0.2, -0.15) is 5.10 Å². The molecule has 0 aliphatic rings. The Kier molecular flexibility index (Phi) is 4.08. The third kappa shape index (κ3) is 3.17. The number of thiazole rings is 1. The van der Waals surface area contributed by atoms with Gasteiger partial charge in [0.25, 0.3) is 0 Å². The maximum atomic E-state index is 5.70. The summed E-state index contributed by atoms with van der Waals surface area (Å²) in [6.07, 6.45) is 7.90. The van der Waals surface area contributed by atoms with Gasteiger partial charge >= 0.3 is 0 Å². The van der Waals surface area contributed by atoms with Crippen LogP contribution in [-0.4, -0.2) is 20.6 Å². The van der Waals surface area contributed by atoms with Crippen molar-refractivity contribution in [1.29, 1.82) is 0 Å². The standard InChI is InChI=1S/C16H16ClN3S/c1-11-7-14-15(8-12(11)2)21-16(19-14)4-3-13-9-18-20(10-13)6-5-17/h3-4,7-10H,5-6H2,1-2H3. The number of fused-ring (bicyclic) bond motifs is 1. The summed E-state index contributed by atoms with van der Waals surface area (Å²) in [7, 11) is 0. The summed E-state index contributed by atoms with van der Waals surface area (Å²) in [4.78, 5) is 4.66. The summed E-state index contributed by atoms with van der Waals surface area (Å²) in [5, 5.41) is 5.26. The molecule has 0 radical (unpaired) electrons.